The van der Waals surface area contributed by atoms with Crippen molar-refractivity contribution in [3.63, 3.8) is 0 Å². The molecule has 0 aromatic heterocycles. The number of primary amides is 1. The summed E-state index contributed by atoms with van der Waals surface area (Å²) < 4.78 is 0. The van der Waals surface area contributed by atoms with Crippen LogP contribution in [0.5, 0.6) is 0 Å². The van der Waals surface area contributed by atoms with Gasteiger partial charge in [0.2, 0.25) is 23.6 Å². The zero-order chi connectivity index (χ0) is 22.6. The minimum Gasteiger partial charge on any atom is -0.481 e. The van der Waals surface area contributed by atoms with Crippen LogP contribution in [0.4, 0.5) is 0 Å². The third kappa shape index (κ3) is 11.2. The fraction of sp³-hybridized carbons (Fsp3) is 0.600. The molecule has 0 aliphatic carbocycles. The molecule has 0 rings (SSSR count). The van der Waals surface area contributed by atoms with Gasteiger partial charge < -0.3 is 42.7 Å². The lowest BCUT2D eigenvalue weighted by molar-refractivity contribution is -0.139. The van der Waals surface area contributed by atoms with Gasteiger partial charge in [-0.15, -0.1) is 0 Å². The van der Waals surface area contributed by atoms with Crippen molar-refractivity contribution in [1.82, 2.24) is 16.0 Å². The fourth-order valence-electron chi connectivity index (χ4n) is 2.00. The second-order valence-electron chi connectivity index (χ2n) is 5.96. The number of carbonyl (C=O) groups excluding carboxylic acids is 4. The van der Waals surface area contributed by atoms with E-state index < -0.39 is 66.8 Å². The van der Waals surface area contributed by atoms with Crippen LogP contribution in [-0.2, 0) is 28.8 Å². The van der Waals surface area contributed by atoms with E-state index in [9.17, 15) is 33.9 Å². The standard InChI is InChI=1S/C15H25N5O9/c16-7(1-4-11(23)24)13(27)19-8(2-3-10(17)22)15(29)20-9(6-21)14(28)18-5-12(25)26/h7-9,21H,1-6,16H2,(H2,17,22)(H,18,28)(H,19,27)(H,20,29)(H,23,24)(H,25,26). The summed E-state index contributed by atoms with van der Waals surface area (Å²) in [7, 11) is 0. The molecule has 0 bridgehead atoms. The molecule has 3 atom stereocenters. The number of nitrogens with one attached hydrogen (secondary N) is 3. The van der Waals surface area contributed by atoms with Gasteiger partial charge in [-0.3, -0.25) is 28.8 Å². The van der Waals surface area contributed by atoms with E-state index in [-0.39, 0.29) is 25.7 Å². The van der Waals surface area contributed by atoms with Crippen molar-refractivity contribution in [2.45, 2.75) is 43.8 Å². The molecule has 0 aliphatic rings. The zero-order valence-electron chi connectivity index (χ0n) is 15.4. The van der Waals surface area contributed by atoms with Crippen molar-refractivity contribution in [1.29, 1.82) is 0 Å². The van der Waals surface area contributed by atoms with Gasteiger partial charge in [0.25, 0.3) is 0 Å². The van der Waals surface area contributed by atoms with Gasteiger partial charge in [0.15, 0.2) is 0 Å². The van der Waals surface area contributed by atoms with Gasteiger partial charge in [0.05, 0.1) is 12.6 Å². The van der Waals surface area contributed by atoms with E-state index in [0.29, 0.717) is 0 Å². The number of aliphatic hydroxyl groups excluding tert-OH is 1. The molecular weight excluding hydrogens is 394 g/mol. The van der Waals surface area contributed by atoms with Gasteiger partial charge >= 0.3 is 11.9 Å². The molecule has 0 spiro atoms. The zero-order valence-corrected chi connectivity index (χ0v) is 15.4. The lowest BCUT2D eigenvalue weighted by atomic mass is 10.1. The topological polar surface area (TPSA) is 251 Å². The monoisotopic (exact) mass is 419 g/mol. The first kappa shape index (κ1) is 25.7. The Kier molecular flexibility index (Phi) is 11.5. The summed E-state index contributed by atoms with van der Waals surface area (Å²) >= 11 is 0. The van der Waals surface area contributed by atoms with E-state index in [1.807, 2.05) is 5.32 Å². The maximum Gasteiger partial charge on any atom is 0.322 e. The van der Waals surface area contributed by atoms with Gasteiger partial charge in [0, 0.05) is 12.8 Å². The van der Waals surface area contributed by atoms with Gasteiger partial charge in [0.1, 0.15) is 18.6 Å². The first-order chi connectivity index (χ1) is 13.5. The number of amides is 4. The van der Waals surface area contributed by atoms with Crippen molar-refractivity contribution < 1.29 is 44.1 Å². The minimum absolute atomic E-state index is 0.206. The van der Waals surface area contributed by atoms with Crippen LogP contribution in [0.1, 0.15) is 25.7 Å². The van der Waals surface area contributed by atoms with Gasteiger partial charge in [-0.2, -0.15) is 0 Å². The largest absolute Gasteiger partial charge is 0.481 e. The highest BCUT2D eigenvalue weighted by Gasteiger charge is 2.28. The molecule has 164 valence electrons. The molecule has 0 aromatic carbocycles. The van der Waals surface area contributed by atoms with Crippen LogP contribution in [0.2, 0.25) is 0 Å². The third-order valence-electron chi connectivity index (χ3n) is 3.55. The van der Waals surface area contributed by atoms with E-state index in [0.717, 1.165) is 0 Å². The van der Waals surface area contributed by atoms with E-state index in [1.54, 1.807) is 0 Å². The maximum atomic E-state index is 12.4. The Morgan fingerprint density at radius 1 is 0.793 bits per heavy atom. The van der Waals surface area contributed by atoms with E-state index in [1.165, 1.54) is 0 Å². The minimum atomic E-state index is -1.52. The van der Waals surface area contributed by atoms with E-state index in [2.05, 4.69) is 10.6 Å². The number of aliphatic carboxylic acids is 2. The molecule has 10 N–H and O–H groups in total. The molecular formula is C15H25N5O9. The third-order valence-corrected chi connectivity index (χ3v) is 3.55. The lowest BCUT2D eigenvalue weighted by Crippen LogP contribution is -2.57. The summed E-state index contributed by atoms with van der Waals surface area (Å²) in [5.74, 6) is -6.11. The van der Waals surface area contributed by atoms with E-state index in [4.69, 9.17) is 21.7 Å². The Morgan fingerprint density at radius 2 is 1.38 bits per heavy atom. The Morgan fingerprint density at radius 3 is 1.86 bits per heavy atom. The number of carbonyl (C=O) groups is 6. The van der Waals surface area contributed by atoms with Crippen LogP contribution < -0.4 is 27.4 Å². The maximum absolute atomic E-state index is 12.4. The van der Waals surface area contributed by atoms with Crippen LogP contribution in [0, 0.1) is 0 Å². The molecule has 0 aliphatic heterocycles. The Hall–Kier alpha value is -3.26. The van der Waals surface area contributed by atoms with Crippen molar-refractivity contribution in [2.24, 2.45) is 11.5 Å². The molecule has 4 amide bonds. The summed E-state index contributed by atoms with van der Waals surface area (Å²) in [6, 6.07) is -4.13. The number of carboxylic acid groups (broad SMARTS) is 2. The predicted octanol–water partition coefficient (Wildman–Crippen LogP) is -4.39. The predicted molar refractivity (Wildman–Crippen MR) is 94.9 cm³/mol. The molecule has 14 nitrogen and oxygen atoms in total. The number of carboxylic acids is 2. The number of aliphatic hydroxyl groups is 1. The first-order valence-electron chi connectivity index (χ1n) is 8.44. The molecule has 0 saturated heterocycles. The number of hydrogen-bond acceptors (Lipinski definition) is 8. The van der Waals surface area contributed by atoms with Crippen LogP contribution in [-0.4, -0.2) is 82.2 Å². The van der Waals surface area contributed by atoms with Gasteiger partial charge in [-0.25, -0.2) is 0 Å². The van der Waals surface area contributed by atoms with Crippen LogP contribution in [0.3, 0.4) is 0 Å². The normalized spacial score (nSPS) is 13.4. The van der Waals surface area contributed by atoms with E-state index >= 15 is 0 Å². The summed E-state index contributed by atoms with van der Waals surface area (Å²) in [6.45, 7) is -1.61. The van der Waals surface area contributed by atoms with Crippen LogP contribution in [0.25, 0.3) is 0 Å². The molecule has 0 fully saturated rings. The smallest absolute Gasteiger partial charge is 0.322 e. The van der Waals surface area contributed by atoms with Crippen LogP contribution in [0.15, 0.2) is 0 Å². The fourth-order valence-corrected chi connectivity index (χ4v) is 2.00. The molecule has 0 heterocycles. The number of hydrogen-bond donors (Lipinski definition) is 8. The van der Waals surface area contributed by atoms with Gasteiger partial charge in [-0.1, -0.05) is 0 Å². The summed E-state index contributed by atoms with van der Waals surface area (Å²) in [4.78, 5) is 68.2. The first-order valence-corrected chi connectivity index (χ1v) is 8.44. The molecule has 29 heavy (non-hydrogen) atoms. The highest BCUT2D eigenvalue weighted by Crippen LogP contribution is 2.02. The lowest BCUT2D eigenvalue weighted by Gasteiger charge is -2.23. The second-order valence-corrected chi connectivity index (χ2v) is 5.96. The molecule has 14 heteroatoms. The SMILES string of the molecule is NC(=O)CCC(NC(=O)C(N)CCC(=O)O)C(=O)NC(CO)C(=O)NCC(=O)O. The Bertz CT molecular complexity index is 640. The van der Waals surface area contributed by atoms with Crippen molar-refractivity contribution in [3.8, 4) is 0 Å². The molecule has 3 unspecified atom stereocenters. The summed E-state index contributed by atoms with van der Waals surface area (Å²) in [5.41, 5.74) is 10.6. The van der Waals surface area contributed by atoms with Crippen molar-refractivity contribution in [2.75, 3.05) is 13.2 Å². The average Bonchev–Trinajstić information content (AvgIpc) is 2.64. The number of rotatable bonds is 14. The van der Waals surface area contributed by atoms with Crippen molar-refractivity contribution >= 4 is 35.6 Å². The highest BCUT2D eigenvalue weighted by molar-refractivity contribution is 5.94. The highest BCUT2D eigenvalue weighted by atomic mass is 16.4. The van der Waals surface area contributed by atoms with Gasteiger partial charge in [-0.05, 0) is 12.8 Å². The average molecular weight is 419 g/mol. The molecule has 0 radical (unpaired) electrons. The molecule has 0 saturated carbocycles. The van der Waals surface area contributed by atoms with Crippen molar-refractivity contribution in [3.05, 3.63) is 0 Å². The summed E-state index contributed by atoms with van der Waals surface area (Å²) in [5, 5.41) is 32.7. The second kappa shape index (κ2) is 13.0. The Labute approximate surface area is 165 Å². The quantitative estimate of drug-likeness (QED) is 0.134. The molecule has 0 aromatic rings. The number of nitrogens with two attached hydrogens (primary N) is 2. The summed E-state index contributed by atoms with van der Waals surface area (Å²) in [6.07, 6.45) is -1.16. The Balaban J connectivity index is 5.07. The van der Waals surface area contributed by atoms with Crippen LogP contribution >= 0.6 is 0 Å².